The van der Waals surface area contributed by atoms with Gasteiger partial charge in [-0.1, -0.05) is 24.3 Å². The molecule has 29 heavy (non-hydrogen) atoms. The number of sulfonamides is 1. The highest BCUT2D eigenvalue weighted by atomic mass is 32.2. The quantitative estimate of drug-likeness (QED) is 0.597. The number of thiophene rings is 1. The number of nitrogens with zero attached hydrogens (tertiary/aromatic N) is 1. The molecule has 0 aliphatic heterocycles. The zero-order valence-electron chi connectivity index (χ0n) is 16.0. The highest BCUT2D eigenvalue weighted by molar-refractivity contribution is 7.92. The van der Waals surface area contributed by atoms with Crippen LogP contribution in [0.5, 0.6) is 0 Å². The van der Waals surface area contributed by atoms with E-state index in [1.807, 2.05) is 35.4 Å². The maximum Gasteiger partial charge on any atom is 0.261 e. The van der Waals surface area contributed by atoms with E-state index in [2.05, 4.69) is 4.72 Å². The summed E-state index contributed by atoms with van der Waals surface area (Å²) in [5.41, 5.74) is 1.85. The molecule has 1 N–H and O–H groups in total. The average Bonchev–Trinajstić information content (AvgIpc) is 3.41. The van der Waals surface area contributed by atoms with Gasteiger partial charge in [0.15, 0.2) is 0 Å². The number of anilines is 1. The van der Waals surface area contributed by atoms with Crippen LogP contribution < -0.4 is 4.72 Å². The molecule has 4 rings (SSSR count). The molecule has 1 aliphatic rings. The third kappa shape index (κ3) is 4.68. The van der Waals surface area contributed by atoms with Gasteiger partial charge in [-0.3, -0.25) is 9.52 Å². The first-order valence-corrected chi connectivity index (χ1v) is 11.8. The Hall–Kier alpha value is -2.64. The molecular weight excluding hydrogens is 404 g/mol. The van der Waals surface area contributed by atoms with E-state index in [1.54, 1.807) is 41.7 Å². The van der Waals surface area contributed by atoms with Gasteiger partial charge in [-0.05, 0) is 67.1 Å². The molecule has 0 spiro atoms. The van der Waals surface area contributed by atoms with Crippen LogP contribution >= 0.6 is 11.3 Å². The third-order valence-electron chi connectivity index (χ3n) is 4.82. The van der Waals surface area contributed by atoms with Crippen LogP contribution in [0.3, 0.4) is 0 Å². The molecule has 1 saturated carbocycles. The van der Waals surface area contributed by atoms with Crippen molar-refractivity contribution in [2.45, 2.75) is 37.2 Å². The van der Waals surface area contributed by atoms with Gasteiger partial charge in [0.1, 0.15) is 0 Å². The molecule has 0 radical (unpaired) electrons. The number of benzene rings is 2. The first kappa shape index (κ1) is 19.7. The molecular formula is C22H22N2O3S2. The summed E-state index contributed by atoms with van der Waals surface area (Å²) >= 11 is 1.62. The van der Waals surface area contributed by atoms with E-state index in [4.69, 9.17) is 0 Å². The van der Waals surface area contributed by atoms with Gasteiger partial charge in [-0.15, -0.1) is 11.3 Å². The standard InChI is InChI=1S/C22H22N2O3S2/c1-16-5-2-7-18(13-16)23-29(26,27)21-9-3-6-17(14-21)22(25)24(19-10-11-19)15-20-8-4-12-28-20/h2-9,12-14,19,23H,10-11,15H2,1H3. The molecule has 3 aromatic rings. The number of carbonyl (C=O) groups is 1. The van der Waals surface area contributed by atoms with Crippen molar-refractivity contribution in [1.29, 1.82) is 0 Å². The van der Waals surface area contributed by atoms with E-state index in [-0.39, 0.29) is 16.8 Å². The fraction of sp³-hybridized carbons (Fsp3) is 0.227. The number of aryl methyl sites for hydroxylation is 1. The zero-order valence-corrected chi connectivity index (χ0v) is 17.7. The second-order valence-corrected chi connectivity index (χ2v) is 9.96. The van der Waals surface area contributed by atoms with Crippen molar-refractivity contribution in [1.82, 2.24) is 4.90 Å². The Morgan fingerprint density at radius 2 is 1.90 bits per heavy atom. The van der Waals surface area contributed by atoms with Crippen molar-refractivity contribution < 1.29 is 13.2 Å². The second-order valence-electron chi connectivity index (χ2n) is 7.25. The summed E-state index contributed by atoms with van der Waals surface area (Å²) in [6, 6.07) is 17.7. The molecule has 7 heteroatoms. The molecule has 1 aromatic heterocycles. The van der Waals surface area contributed by atoms with Crippen LogP contribution in [0, 0.1) is 6.92 Å². The van der Waals surface area contributed by atoms with Gasteiger partial charge < -0.3 is 4.90 Å². The van der Waals surface area contributed by atoms with E-state index in [0.29, 0.717) is 17.8 Å². The maximum atomic E-state index is 13.2. The van der Waals surface area contributed by atoms with Crippen LogP contribution in [0.1, 0.15) is 33.6 Å². The minimum Gasteiger partial charge on any atom is -0.331 e. The van der Waals surface area contributed by atoms with Gasteiger partial charge in [0.2, 0.25) is 0 Å². The predicted octanol–water partition coefficient (Wildman–Crippen LogP) is 4.66. The summed E-state index contributed by atoms with van der Waals surface area (Å²) in [6.45, 7) is 2.46. The van der Waals surface area contributed by atoms with E-state index >= 15 is 0 Å². The van der Waals surface area contributed by atoms with E-state index < -0.39 is 10.0 Å². The van der Waals surface area contributed by atoms with Crippen LogP contribution in [-0.4, -0.2) is 25.3 Å². The largest absolute Gasteiger partial charge is 0.331 e. The summed E-state index contributed by atoms with van der Waals surface area (Å²) in [5, 5.41) is 2.00. The van der Waals surface area contributed by atoms with Gasteiger partial charge in [-0.25, -0.2) is 8.42 Å². The van der Waals surface area contributed by atoms with Crippen molar-refractivity contribution in [3.8, 4) is 0 Å². The van der Waals surface area contributed by atoms with Crippen molar-refractivity contribution in [3.05, 3.63) is 82.0 Å². The lowest BCUT2D eigenvalue weighted by atomic mass is 10.2. The molecule has 1 amide bonds. The molecule has 0 atom stereocenters. The van der Waals surface area contributed by atoms with Gasteiger partial charge in [0.05, 0.1) is 11.4 Å². The first-order chi connectivity index (χ1) is 13.9. The molecule has 2 aromatic carbocycles. The van der Waals surface area contributed by atoms with Crippen LogP contribution in [-0.2, 0) is 16.6 Å². The summed E-state index contributed by atoms with van der Waals surface area (Å²) in [6.07, 6.45) is 1.98. The lowest BCUT2D eigenvalue weighted by Gasteiger charge is -2.22. The SMILES string of the molecule is Cc1cccc(NS(=O)(=O)c2cccc(C(=O)N(Cc3cccs3)C3CC3)c2)c1. The Balaban J connectivity index is 1.58. The Morgan fingerprint density at radius 1 is 1.10 bits per heavy atom. The number of carbonyl (C=O) groups excluding carboxylic acids is 1. The highest BCUT2D eigenvalue weighted by Gasteiger charge is 2.33. The number of amides is 1. The molecule has 1 fully saturated rings. The zero-order chi connectivity index (χ0) is 20.4. The van der Waals surface area contributed by atoms with Gasteiger partial charge in [0, 0.05) is 22.2 Å². The monoisotopic (exact) mass is 426 g/mol. The lowest BCUT2D eigenvalue weighted by Crippen LogP contribution is -2.32. The Morgan fingerprint density at radius 3 is 2.59 bits per heavy atom. The van der Waals surface area contributed by atoms with Crippen LogP contribution in [0.4, 0.5) is 5.69 Å². The Labute approximate surface area is 175 Å². The Bertz CT molecular complexity index is 1120. The van der Waals surface area contributed by atoms with Gasteiger partial charge in [0.25, 0.3) is 15.9 Å². The first-order valence-electron chi connectivity index (χ1n) is 9.45. The molecule has 1 aliphatic carbocycles. The summed E-state index contributed by atoms with van der Waals surface area (Å²) in [7, 11) is -3.79. The van der Waals surface area contributed by atoms with Gasteiger partial charge >= 0.3 is 0 Å². The molecule has 150 valence electrons. The molecule has 5 nitrogen and oxygen atoms in total. The fourth-order valence-electron chi connectivity index (χ4n) is 3.21. The van der Waals surface area contributed by atoms with Crippen LogP contribution in [0.15, 0.2) is 70.9 Å². The highest BCUT2D eigenvalue weighted by Crippen LogP contribution is 2.31. The third-order valence-corrected chi connectivity index (χ3v) is 7.06. The normalized spacial score (nSPS) is 13.8. The molecule has 0 bridgehead atoms. The van der Waals surface area contributed by atoms with Crippen LogP contribution in [0.2, 0.25) is 0 Å². The van der Waals surface area contributed by atoms with Crippen LogP contribution in [0.25, 0.3) is 0 Å². The average molecular weight is 427 g/mol. The minimum atomic E-state index is -3.79. The molecule has 0 saturated heterocycles. The van der Waals surface area contributed by atoms with E-state index in [9.17, 15) is 13.2 Å². The number of nitrogens with one attached hydrogen (secondary N) is 1. The fourth-order valence-corrected chi connectivity index (χ4v) is 5.01. The topological polar surface area (TPSA) is 66.5 Å². The summed E-state index contributed by atoms with van der Waals surface area (Å²) < 4.78 is 28.2. The smallest absolute Gasteiger partial charge is 0.261 e. The van der Waals surface area contributed by atoms with Crippen molar-refractivity contribution in [3.63, 3.8) is 0 Å². The van der Waals surface area contributed by atoms with E-state index in [0.717, 1.165) is 23.3 Å². The van der Waals surface area contributed by atoms with Crippen molar-refractivity contribution in [2.24, 2.45) is 0 Å². The molecule has 0 unspecified atom stereocenters. The predicted molar refractivity (Wildman–Crippen MR) is 116 cm³/mol. The number of hydrogen-bond donors (Lipinski definition) is 1. The lowest BCUT2D eigenvalue weighted by molar-refractivity contribution is 0.0731. The summed E-state index contributed by atoms with van der Waals surface area (Å²) in [5.74, 6) is -0.131. The maximum absolute atomic E-state index is 13.2. The number of rotatable bonds is 7. The second kappa shape index (κ2) is 8.00. The number of hydrogen-bond acceptors (Lipinski definition) is 4. The Kier molecular flexibility index (Phi) is 5.43. The summed E-state index contributed by atoms with van der Waals surface area (Å²) in [4.78, 5) is 16.2. The van der Waals surface area contributed by atoms with Crippen molar-refractivity contribution >= 4 is 33.0 Å². The van der Waals surface area contributed by atoms with Crippen molar-refractivity contribution in [2.75, 3.05) is 4.72 Å². The van der Waals surface area contributed by atoms with Gasteiger partial charge in [-0.2, -0.15) is 0 Å². The minimum absolute atomic E-state index is 0.0803. The van der Waals surface area contributed by atoms with E-state index in [1.165, 1.54) is 12.1 Å². The molecule has 1 heterocycles.